The highest BCUT2D eigenvalue weighted by atomic mass is 16.5. The van der Waals surface area contributed by atoms with Crippen molar-refractivity contribution >= 4 is 0 Å². The Morgan fingerprint density at radius 2 is 2.54 bits per heavy atom. The van der Waals surface area contributed by atoms with Crippen LogP contribution in [-0.4, -0.2) is 14.7 Å². The molecule has 2 heterocycles. The lowest BCUT2D eigenvalue weighted by molar-refractivity contribution is 0.388. The third-order valence-corrected chi connectivity index (χ3v) is 1.73. The highest BCUT2D eigenvalue weighted by molar-refractivity contribution is 5.04. The topological polar surface area (TPSA) is 63.8 Å². The van der Waals surface area contributed by atoms with Crippen LogP contribution in [0.1, 0.15) is 11.5 Å². The molecule has 0 aromatic carbocycles. The number of nitrogens with zero attached hydrogens (tertiary/aromatic N) is 2. The van der Waals surface area contributed by atoms with Crippen molar-refractivity contribution in [2.24, 2.45) is 0 Å². The zero-order valence-corrected chi connectivity index (χ0v) is 7.15. The Labute approximate surface area is 74.0 Å². The number of H-pyrrole nitrogens is 1. The fourth-order valence-electron chi connectivity index (χ4n) is 1.14. The predicted octanol–water partition coefficient (Wildman–Crippen LogP) is 0.521. The Morgan fingerprint density at radius 3 is 3.08 bits per heavy atom. The molecule has 68 valence electrons. The Balaban J connectivity index is 2.24. The van der Waals surface area contributed by atoms with Crippen molar-refractivity contribution in [1.82, 2.24) is 14.7 Å². The van der Waals surface area contributed by atoms with Crippen molar-refractivity contribution in [3.05, 3.63) is 40.4 Å². The minimum Gasteiger partial charge on any atom is -0.361 e. The van der Waals surface area contributed by atoms with Crippen LogP contribution >= 0.6 is 0 Å². The third-order valence-electron chi connectivity index (χ3n) is 1.73. The van der Waals surface area contributed by atoms with E-state index in [0.717, 1.165) is 11.5 Å². The second-order valence-corrected chi connectivity index (χ2v) is 2.82. The summed E-state index contributed by atoms with van der Waals surface area (Å²) in [6.07, 6.45) is 3.27. The molecule has 1 N–H and O–H groups in total. The molecule has 0 unspecified atom stereocenters. The van der Waals surface area contributed by atoms with Crippen molar-refractivity contribution in [1.29, 1.82) is 0 Å². The van der Waals surface area contributed by atoms with Crippen LogP contribution in [0.2, 0.25) is 0 Å². The fourth-order valence-corrected chi connectivity index (χ4v) is 1.14. The predicted molar refractivity (Wildman–Crippen MR) is 45.4 cm³/mol. The summed E-state index contributed by atoms with van der Waals surface area (Å²) in [6.45, 7) is 2.26. The first-order chi connectivity index (χ1) is 6.25. The van der Waals surface area contributed by atoms with Gasteiger partial charge in [0.1, 0.15) is 11.5 Å². The summed E-state index contributed by atoms with van der Waals surface area (Å²) in [5, 5.41) is 3.78. The molecule has 0 fully saturated rings. The van der Waals surface area contributed by atoms with Crippen LogP contribution in [0.4, 0.5) is 0 Å². The van der Waals surface area contributed by atoms with Crippen molar-refractivity contribution < 1.29 is 4.52 Å². The van der Waals surface area contributed by atoms with E-state index in [9.17, 15) is 4.79 Å². The number of hydrogen-bond donors (Lipinski definition) is 1. The minimum absolute atomic E-state index is 0.138. The van der Waals surface area contributed by atoms with E-state index < -0.39 is 0 Å². The number of aromatic nitrogens is 3. The van der Waals surface area contributed by atoms with E-state index in [4.69, 9.17) is 4.52 Å². The highest BCUT2D eigenvalue weighted by Gasteiger charge is 2.02. The van der Waals surface area contributed by atoms with Crippen molar-refractivity contribution in [2.45, 2.75) is 13.5 Å². The van der Waals surface area contributed by atoms with Gasteiger partial charge in [-0.05, 0) is 6.92 Å². The normalized spacial score (nSPS) is 10.5. The van der Waals surface area contributed by atoms with Gasteiger partial charge >= 0.3 is 5.69 Å². The van der Waals surface area contributed by atoms with Crippen LogP contribution < -0.4 is 5.69 Å². The van der Waals surface area contributed by atoms with E-state index in [1.807, 2.05) is 6.92 Å². The zero-order chi connectivity index (χ0) is 9.26. The van der Waals surface area contributed by atoms with E-state index in [1.54, 1.807) is 18.5 Å². The molecule has 0 radical (unpaired) electrons. The van der Waals surface area contributed by atoms with E-state index >= 15 is 0 Å². The van der Waals surface area contributed by atoms with Crippen molar-refractivity contribution in [2.75, 3.05) is 0 Å². The molecule has 13 heavy (non-hydrogen) atoms. The Hall–Kier alpha value is -1.78. The van der Waals surface area contributed by atoms with Gasteiger partial charge in [0.2, 0.25) is 0 Å². The van der Waals surface area contributed by atoms with Gasteiger partial charge in [-0.25, -0.2) is 4.79 Å². The minimum atomic E-state index is -0.138. The average molecular weight is 179 g/mol. The van der Waals surface area contributed by atoms with Gasteiger partial charge in [-0.2, -0.15) is 0 Å². The summed E-state index contributed by atoms with van der Waals surface area (Å²) in [5.74, 6) is 0.749. The van der Waals surface area contributed by atoms with Crippen LogP contribution in [0.25, 0.3) is 0 Å². The summed E-state index contributed by atoms with van der Waals surface area (Å²) in [6, 6.07) is 1.80. The van der Waals surface area contributed by atoms with Gasteiger partial charge in [0.05, 0.1) is 6.54 Å². The lowest BCUT2D eigenvalue weighted by atomic mass is 10.4. The maximum absolute atomic E-state index is 11.1. The molecule has 0 saturated heterocycles. The van der Waals surface area contributed by atoms with Crippen LogP contribution in [0.15, 0.2) is 27.8 Å². The van der Waals surface area contributed by atoms with Crippen LogP contribution in [0.3, 0.4) is 0 Å². The van der Waals surface area contributed by atoms with Gasteiger partial charge in [0.25, 0.3) is 0 Å². The zero-order valence-electron chi connectivity index (χ0n) is 7.15. The molecule has 5 nitrogen and oxygen atoms in total. The van der Waals surface area contributed by atoms with E-state index in [1.165, 1.54) is 4.57 Å². The Kier molecular flexibility index (Phi) is 1.77. The first kappa shape index (κ1) is 7.85. The van der Waals surface area contributed by atoms with Gasteiger partial charge in [-0.3, -0.25) is 4.57 Å². The summed E-state index contributed by atoms with van der Waals surface area (Å²) in [5.41, 5.74) is 0.611. The SMILES string of the molecule is Cc1cc(Cn2cc[nH]c2=O)no1. The van der Waals surface area contributed by atoms with Crippen LogP contribution in [0, 0.1) is 6.92 Å². The summed E-state index contributed by atoms with van der Waals surface area (Å²) < 4.78 is 6.40. The maximum Gasteiger partial charge on any atom is 0.325 e. The largest absolute Gasteiger partial charge is 0.361 e. The van der Waals surface area contributed by atoms with Gasteiger partial charge in [-0.1, -0.05) is 5.16 Å². The maximum atomic E-state index is 11.1. The molecule has 0 aliphatic rings. The lowest BCUT2D eigenvalue weighted by Gasteiger charge is -1.93. The average Bonchev–Trinajstić information content (AvgIpc) is 2.64. The second kappa shape index (κ2) is 2.93. The van der Waals surface area contributed by atoms with Crippen LogP contribution in [0.5, 0.6) is 0 Å². The molecule has 0 aliphatic carbocycles. The van der Waals surface area contributed by atoms with Gasteiger partial charge < -0.3 is 9.51 Å². The molecule has 0 bridgehead atoms. The number of aryl methyl sites for hydroxylation is 1. The van der Waals surface area contributed by atoms with Gasteiger partial charge in [0.15, 0.2) is 0 Å². The molecule has 0 aliphatic heterocycles. The molecular formula is C8H9N3O2. The smallest absolute Gasteiger partial charge is 0.325 e. The van der Waals surface area contributed by atoms with E-state index in [-0.39, 0.29) is 5.69 Å². The second-order valence-electron chi connectivity index (χ2n) is 2.82. The van der Waals surface area contributed by atoms with E-state index in [0.29, 0.717) is 6.54 Å². The Morgan fingerprint density at radius 1 is 1.69 bits per heavy atom. The van der Waals surface area contributed by atoms with E-state index in [2.05, 4.69) is 10.1 Å². The molecule has 2 rings (SSSR count). The molecule has 5 heteroatoms. The third kappa shape index (κ3) is 1.53. The van der Waals surface area contributed by atoms with Crippen molar-refractivity contribution in [3.63, 3.8) is 0 Å². The lowest BCUT2D eigenvalue weighted by Crippen LogP contribution is -2.16. The van der Waals surface area contributed by atoms with Gasteiger partial charge in [-0.15, -0.1) is 0 Å². The van der Waals surface area contributed by atoms with Crippen LogP contribution in [-0.2, 0) is 6.54 Å². The molecule has 0 amide bonds. The standard InChI is InChI=1S/C8H9N3O2/c1-6-4-7(10-13-6)5-11-3-2-9-8(11)12/h2-4H,5H2,1H3,(H,9,12). The number of rotatable bonds is 2. The number of hydrogen-bond acceptors (Lipinski definition) is 3. The van der Waals surface area contributed by atoms with Gasteiger partial charge in [0, 0.05) is 18.5 Å². The molecule has 0 atom stereocenters. The summed E-state index contributed by atoms with van der Waals surface area (Å²) in [4.78, 5) is 13.6. The molecule has 0 saturated carbocycles. The first-order valence-corrected chi connectivity index (χ1v) is 3.92. The summed E-state index contributed by atoms with van der Waals surface area (Å²) >= 11 is 0. The number of nitrogens with one attached hydrogen (secondary N) is 1. The quantitative estimate of drug-likeness (QED) is 0.731. The Bertz CT molecular complexity index is 452. The molecule has 0 spiro atoms. The molecular weight excluding hydrogens is 170 g/mol. The highest BCUT2D eigenvalue weighted by Crippen LogP contribution is 2.02. The molecule has 2 aromatic rings. The fraction of sp³-hybridized carbons (Fsp3) is 0.250. The molecule has 2 aromatic heterocycles. The monoisotopic (exact) mass is 179 g/mol. The number of imidazole rings is 1. The number of aromatic amines is 1. The summed E-state index contributed by atoms with van der Waals surface area (Å²) in [7, 11) is 0. The van der Waals surface area contributed by atoms with Crippen molar-refractivity contribution in [3.8, 4) is 0 Å². The first-order valence-electron chi connectivity index (χ1n) is 3.92.